The molecule has 0 spiro atoms. The summed E-state index contributed by atoms with van der Waals surface area (Å²) in [7, 11) is 4.60. The average molecular weight is 395 g/mol. The predicted molar refractivity (Wildman–Crippen MR) is 102 cm³/mol. The Balaban J connectivity index is 1.86. The van der Waals surface area contributed by atoms with Crippen molar-refractivity contribution >= 4 is 11.9 Å². The minimum atomic E-state index is -0.434. The van der Waals surface area contributed by atoms with Crippen molar-refractivity contribution in [2.24, 2.45) is 0 Å². The van der Waals surface area contributed by atoms with Gasteiger partial charge in [0.1, 0.15) is 0 Å². The molecule has 1 aliphatic rings. The van der Waals surface area contributed by atoms with Crippen LogP contribution in [0.25, 0.3) is 0 Å². The zero-order valence-corrected chi connectivity index (χ0v) is 17.1. The average Bonchev–Trinajstić information content (AvgIpc) is 2.68. The van der Waals surface area contributed by atoms with Crippen molar-refractivity contribution in [3.63, 3.8) is 0 Å². The maximum Gasteiger partial charge on any atom is 0.306 e. The Labute approximate surface area is 165 Å². The second-order valence-electron chi connectivity index (χ2n) is 6.75. The molecule has 1 amide bonds. The molecule has 0 unspecified atom stereocenters. The monoisotopic (exact) mass is 395 g/mol. The SMILES string of the molecule is COc1cc(CCC(=O)OCC(=O)N2C[C@@H](C)O[C@H](C)C2)cc(OC)c1OC. The number of rotatable bonds is 8. The smallest absolute Gasteiger partial charge is 0.306 e. The van der Waals surface area contributed by atoms with Gasteiger partial charge in [0, 0.05) is 19.5 Å². The fraction of sp³-hybridized carbons (Fsp3) is 0.600. The molecule has 1 aliphatic heterocycles. The molecule has 0 N–H and O–H groups in total. The van der Waals surface area contributed by atoms with Crippen molar-refractivity contribution in [3.05, 3.63) is 17.7 Å². The molecule has 1 fully saturated rings. The zero-order valence-electron chi connectivity index (χ0n) is 17.1. The van der Waals surface area contributed by atoms with Crippen LogP contribution in [0.1, 0.15) is 25.8 Å². The fourth-order valence-corrected chi connectivity index (χ4v) is 3.21. The lowest BCUT2D eigenvalue weighted by molar-refractivity contribution is -0.157. The van der Waals surface area contributed by atoms with Crippen molar-refractivity contribution in [1.82, 2.24) is 4.90 Å². The van der Waals surface area contributed by atoms with Gasteiger partial charge in [-0.2, -0.15) is 0 Å². The van der Waals surface area contributed by atoms with Crippen molar-refractivity contribution < 1.29 is 33.3 Å². The number of carbonyl (C=O) groups excluding carboxylic acids is 2. The van der Waals surface area contributed by atoms with E-state index >= 15 is 0 Å². The predicted octanol–water partition coefficient (Wildman–Crippen LogP) is 1.82. The molecule has 1 aromatic rings. The molecule has 1 heterocycles. The molecular formula is C20H29NO7. The summed E-state index contributed by atoms with van der Waals surface area (Å²) < 4.78 is 26.7. The Morgan fingerprint density at radius 3 is 2.11 bits per heavy atom. The molecule has 0 aliphatic carbocycles. The normalized spacial score (nSPS) is 19.1. The van der Waals surface area contributed by atoms with E-state index in [-0.39, 0.29) is 31.1 Å². The number of methoxy groups -OCH3 is 3. The highest BCUT2D eigenvalue weighted by Gasteiger charge is 2.26. The third-order valence-corrected chi connectivity index (χ3v) is 4.47. The van der Waals surface area contributed by atoms with Gasteiger partial charge in [-0.25, -0.2) is 0 Å². The summed E-state index contributed by atoms with van der Waals surface area (Å²) in [5.74, 6) is 0.905. The Bertz CT molecular complexity index is 656. The minimum absolute atomic E-state index is 0.0246. The van der Waals surface area contributed by atoms with E-state index < -0.39 is 5.97 Å². The number of benzene rings is 1. The van der Waals surface area contributed by atoms with Gasteiger partial charge in [0.05, 0.1) is 33.5 Å². The van der Waals surface area contributed by atoms with Crippen molar-refractivity contribution in [1.29, 1.82) is 0 Å². The lowest BCUT2D eigenvalue weighted by atomic mass is 10.1. The molecule has 156 valence electrons. The van der Waals surface area contributed by atoms with Crippen molar-refractivity contribution in [3.8, 4) is 17.2 Å². The Kier molecular flexibility index (Phi) is 7.92. The third-order valence-electron chi connectivity index (χ3n) is 4.47. The molecule has 8 nitrogen and oxygen atoms in total. The van der Waals surface area contributed by atoms with E-state index in [1.807, 2.05) is 13.8 Å². The highest BCUT2D eigenvalue weighted by molar-refractivity contribution is 5.80. The first-order valence-corrected chi connectivity index (χ1v) is 9.25. The Morgan fingerprint density at radius 1 is 1.04 bits per heavy atom. The summed E-state index contributed by atoms with van der Waals surface area (Å²) in [6.45, 7) is 4.59. The number of ether oxygens (including phenoxy) is 5. The molecular weight excluding hydrogens is 366 g/mol. The summed E-state index contributed by atoms with van der Waals surface area (Å²) in [6.07, 6.45) is 0.517. The molecule has 0 saturated carbocycles. The first-order chi connectivity index (χ1) is 13.4. The zero-order chi connectivity index (χ0) is 20.7. The first kappa shape index (κ1) is 21.8. The first-order valence-electron chi connectivity index (χ1n) is 9.25. The molecule has 2 rings (SSSR count). The summed E-state index contributed by atoms with van der Waals surface area (Å²) in [4.78, 5) is 26.0. The van der Waals surface area contributed by atoms with Crippen LogP contribution in [0.2, 0.25) is 0 Å². The Morgan fingerprint density at radius 2 is 1.61 bits per heavy atom. The second-order valence-corrected chi connectivity index (χ2v) is 6.75. The van der Waals surface area contributed by atoms with Gasteiger partial charge >= 0.3 is 5.97 Å². The lowest BCUT2D eigenvalue weighted by Crippen LogP contribution is -2.49. The van der Waals surface area contributed by atoms with Crippen LogP contribution in [0.4, 0.5) is 0 Å². The Hall–Kier alpha value is -2.48. The number of esters is 1. The van der Waals surface area contributed by atoms with Crippen LogP contribution in [0, 0.1) is 0 Å². The van der Waals surface area contributed by atoms with E-state index in [9.17, 15) is 9.59 Å². The molecule has 8 heteroatoms. The molecule has 2 atom stereocenters. The largest absolute Gasteiger partial charge is 0.493 e. The highest BCUT2D eigenvalue weighted by atomic mass is 16.5. The number of amides is 1. The molecule has 0 aromatic heterocycles. The number of morpholine rings is 1. The molecule has 0 bridgehead atoms. The van der Waals surface area contributed by atoms with Crippen LogP contribution < -0.4 is 14.2 Å². The van der Waals surface area contributed by atoms with E-state index in [0.29, 0.717) is 36.8 Å². The van der Waals surface area contributed by atoms with Gasteiger partial charge in [-0.1, -0.05) is 0 Å². The second kappa shape index (κ2) is 10.2. The number of carbonyl (C=O) groups is 2. The number of hydrogen-bond acceptors (Lipinski definition) is 7. The molecule has 0 radical (unpaired) electrons. The minimum Gasteiger partial charge on any atom is -0.493 e. The van der Waals surface area contributed by atoms with Crippen LogP contribution in [-0.4, -0.2) is 70.0 Å². The summed E-state index contributed by atoms with van der Waals surface area (Å²) in [6, 6.07) is 3.58. The maximum absolute atomic E-state index is 12.3. The van der Waals surface area contributed by atoms with Crippen LogP contribution in [0.15, 0.2) is 12.1 Å². The van der Waals surface area contributed by atoms with Gasteiger partial charge in [0.2, 0.25) is 5.75 Å². The molecule has 1 saturated heterocycles. The van der Waals surface area contributed by atoms with E-state index in [2.05, 4.69) is 0 Å². The number of nitrogens with zero attached hydrogens (tertiary/aromatic N) is 1. The van der Waals surface area contributed by atoms with E-state index in [0.717, 1.165) is 5.56 Å². The van der Waals surface area contributed by atoms with Gasteiger partial charge in [-0.3, -0.25) is 9.59 Å². The van der Waals surface area contributed by atoms with Crippen LogP contribution >= 0.6 is 0 Å². The number of aryl methyl sites for hydroxylation is 1. The van der Waals surface area contributed by atoms with E-state index in [1.165, 1.54) is 21.3 Å². The standard InChI is InChI=1S/C20H29NO7/c1-13-10-21(11-14(2)28-13)18(22)12-27-19(23)7-6-15-8-16(24-3)20(26-5)17(9-15)25-4/h8-9,13-14H,6-7,10-12H2,1-5H3/t13-,14-/m1/s1. The van der Waals surface area contributed by atoms with Crippen molar-refractivity contribution in [2.45, 2.75) is 38.9 Å². The molecule has 1 aromatic carbocycles. The van der Waals surface area contributed by atoms with Gasteiger partial charge < -0.3 is 28.6 Å². The third kappa shape index (κ3) is 5.76. The summed E-state index contributed by atoms with van der Waals surface area (Å²) >= 11 is 0. The summed E-state index contributed by atoms with van der Waals surface area (Å²) in [5, 5.41) is 0. The van der Waals surface area contributed by atoms with Crippen LogP contribution in [0.5, 0.6) is 17.2 Å². The van der Waals surface area contributed by atoms with E-state index in [4.69, 9.17) is 23.7 Å². The van der Waals surface area contributed by atoms with Gasteiger partial charge in [0.25, 0.3) is 5.91 Å². The van der Waals surface area contributed by atoms with Gasteiger partial charge in [-0.05, 0) is 38.0 Å². The maximum atomic E-state index is 12.3. The van der Waals surface area contributed by atoms with Gasteiger partial charge in [0.15, 0.2) is 18.1 Å². The molecule has 28 heavy (non-hydrogen) atoms. The fourth-order valence-electron chi connectivity index (χ4n) is 3.21. The van der Waals surface area contributed by atoms with E-state index in [1.54, 1.807) is 17.0 Å². The highest BCUT2D eigenvalue weighted by Crippen LogP contribution is 2.38. The topological polar surface area (TPSA) is 83.5 Å². The number of hydrogen-bond donors (Lipinski definition) is 0. The quantitative estimate of drug-likeness (QED) is 0.621. The summed E-state index contributed by atoms with van der Waals surface area (Å²) in [5.41, 5.74) is 0.841. The van der Waals surface area contributed by atoms with Crippen LogP contribution in [-0.2, 0) is 25.5 Å². The van der Waals surface area contributed by atoms with Crippen molar-refractivity contribution in [2.75, 3.05) is 41.0 Å². The lowest BCUT2D eigenvalue weighted by Gasteiger charge is -2.35. The van der Waals surface area contributed by atoms with Crippen LogP contribution in [0.3, 0.4) is 0 Å². The van der Waals surface area contributed by atoms with Gasteiger partial charge in [-0.15, -0.1) is 0 Å².